The minimum atomic E-state index is -0.408. The summed E-state index contributed by atoms with van der Waals surface area (Å²) < 4.78 is 4.00. The van der Waals surface area contributed by atoms with Crippen molar-refractivity contribution in [2.75, 3.05) is 0 Å². The molecular weight excluding hydrogens is 232 g/mol. The highest BCUT2D eigenvalue weighted by molar-refractivity contribution is 7.05. The first-order chi connectivity index (χ1) is 7.90. The van der Waals surface area contributed by atoms with Gasteiger partial charge in [0, 0.05) is 5.41 Å². The van der Waals surface area contributed by atoms with E-state index < -0.39 is 6.10 Å². The van der Waals surface area contributed by atoms with Crippen LogP contribution < -0.4 is 0 Å². The Morgan fingerprint density at radius 1 is 1.24 bits per heavy atom. The van der Waals surface area contributed by atoms with Crippen molar-refractivity contribution in [2.45, 2.75) is 65.4 Å². The maximum Gasteiger partial charge on any atom is 0.0919 e. The zero-order valence-electron chi connectivity index (χ0n) is 11.5. The third kappa shape index (κ3) is 3.75. The fourth-order valence-corrected chi connectivity index (χ4v) is 2.84. The van der Waals surface area contributed by atoms with E-state index in [1.54, 1.807) is 0 Å². The minimum absolute atomic E-state index is 0.0444. The lowest BCUT2D eigenvalue weighted by Gasteiger charge is -2.21. The molecule has 0 amide bonds. The second-order valence-corrected chi connectivity index (χ2v) is 6.46. The van der Waals surface area contributed by atoms with Gasteiger partial charge in [-0.3, -0.25) is 0 Å². The summed E-state index contributed by atoms with van der Waals surface area (Å²) in [6.07, 6.45) is 2.64. The maximum atomic E-state index is 10.3. The number of nitrogens with zero attached hydrogens (tertiary/aromatic N) is 2. The van der Waals surface area contributed by atoms with E-state index in [0.29, 0.717) is 5.92 Å². The summed E-state index contributed by atoms with van der Waals surface area (Å²) in [7, 11) is 0. The Morgan fingerprint density at radius 3 is 2.29 bits per heavy atom. The summed E-state index contributed by atoms with van der Waals surface area (Å²) in [6, 6.07) is 0. The molecule has 1 atom stereocenters. The number of aliphatic hydroxyl groups excluding tert-OH is 1. The highest BCUT2D eigenvalue weighted by Gasteiger charge is 2.27. The highest BCUT2D eigenvalue weighted by atomic mass is 32.1. The van der Waals surface area contributed by atoms with Crippen molar-refractivity contribution in [1.82, 2.24) is 9.59 Å². The Balaban J connectivity index is 2.82. The van der Waals surface area contributed by atoms with Crippen LogP contribution >= 0.6 is 11.5 Å². The van der Waals surface area contributed by atoms with E-state index in [1.165, 1.54) is 11.5 Å². The smallest absolute Gasteiger partial charge is 0.0919 e. The molecule has 0 bridgehead atoms. The lowest BCUT2D eigenvalue weighted by Crippen LogP contribution is -2.16. The van der Waals surface area contributed by atoms with Gasteiger partial charge in [0.15, 0.2) is 0 Å². The van der Waals surface area contributed by atoms with Crippen molar-refractivity contribution in [2.24, 2.45) is 5.92 Å². The van der Waals surface area contributed by atoms with Crippen LogP contribution in [0.5, 0.6) is 0 Å². The second-order valence-electron chi connectivity index (χ2n) is 5.67. The molecule has 1 heterocycles. The predicted molar refractivity (Wildman–Crippen MR) is 72.3 cm³/mol. The van der Waals surface area contributed by atoms with Crippen molar-refractivity contribution in [1.29, 1.82) is 0 Å². The van der Waals surface area contributed by atoms with Crippen molar-refractivity contribution >= 4 is 11.5 Å². The molecule has 0 aliphatic rings. The molecule has 0 saturated carbocycles. The van der Waals surface area contributed by atoms with Crippen molar-refractivity contribution in [3.63, 3.8) is 0 Å². The van der Waals surface area contributed by atoms with Crippen LogP contribution in [0.3, 0.4) is 0 Å². The van der Waals surface area contributed by atoms with Crippen LogP contribution in [0.4, 0.5) is 0 Å². The highest BCUT2D eigenvalue weighted by Crippen LogP contribution is 2.34. The molecule has 1 rings (SSSR count). The van der Waals surface area contributed by atoms with Gasteiger partial charge < -0.3 is 5.11 Å². The Morgan fingerprint density at radius 2 is 1.82 bits per heavy atom. The molecule has 17 heavy (non-hydrogen) atoms. The summed E-state index contributed by atoms with van der Waals surface area (Å²) in [6.45, 7) is 10.7. The SMILES string of the molecule is CCC(CC)CC(O)c1snnc1C(C)(C)C. The molecule has 0 spiro atoms. The van der Waals surface area contributed by atoms with Crippen molar-refractivity contribution < 1.29 is 5.11 Å². The molecule has 1 aromatic rings. The quantitative estimate of drug-likeness (QED) is 0.874. The summed E-state index contributed by atoms with van der Waals surface area (Å²) >= 11 is 1.34. The van der Waals surface area contributed by atoms with Gasteiger partial charge in [0.2, 0.25) is 0 Å². The van der Waals surface area contributed by atoms with Gasteiger partial charge >= 0.3 is 0 Å². The van der Waals surface area contributed by atoms with Gasteiger partial charge in [0.05, 0.1) is 16.7 Å². The molecule has 1 unspecified atom stereocenters. The van der Waals surface area contributed by atoms with Crippen LogP contribution in [-0.2, 0) is 5.41 Å². The molecule has 1 aromatic heterocycles. The molecule has 0 aliphatic carbocycles. The number of aromatic nitrogens is 2. The topological polar surface area (TPSA) is 46.0 Å². The second kappa shape index (κ2) is 5.91. The fourth-order valence-electron chi connectivity index (χ4n) is 1.98. The van der Waals surface area contributed by atoms with E-state index in [9.17, 15) is 5.11 Å². The average molecular weight is 256 g/mol. The fraction of sp³-hybridized carbons (Fsp3) is 0.846. The molecule has 98 valence electrons. The largest absolute Gasteiger partial charge is 0.387 e. The number of hydrogen-bond acceptors (Lipinski definition) is 4. The lowest BCUT2D eigenvalue weighted by molar-refractivity contribution is 0.142. The first-order valence-electron chi connectivity index (χ1n) is 6.40. The Bertz CT molecular complexity index is 339. The molecule has 0 aromatic carbocycles. The molecule has 1 N–H and O–H groups in total. The van der Waals surface area contributed by atoms with Crippen LogP contribution in [0.2, 0.25) is 0 Å². The van der Waals surface area contributed by atoms with Gasteiger partial charge in [-0.1, -0.05) is 51.9 Å². The van der Waals surface area contributed by atoms with Gasteiger partial charge in [-0.2, -0.15) is 0 Å². The Labute approximate surface area is 108 Å². The van der Waals surface area contributed by atoms with Gasteiger partial charge in [0.25, 0.3) is 0 Å². The van der Waals surface area contributed by atoms with Crippen LogP contribution in [0, 0.1) is 5.92 Å². The lowest BCUT2D eigenvalue weighted by atomic mass is 9.88. The van der Waals surface area contributed by atoms with E-state index in [2.05, 4.69) is 44.2 Å². The normalized spacial score (nSPS) is 14.3. The zero-order chi connectivity index (χ0) is 13.1. The standard InChI is InChI=1S/C13H24N2OS/c1-6-9(7-2)8-10(16)11-12(13(3,4)5)14-15-17-11/h9-10,16H,6-8H2,1-5H3. The molecule has 3 nitrogen and oxygen atoms in total. The van der Waals surface area contributed by atoms with Crippen molar-refractivity contribution in [3.8, 4) is 0 Å². The number of aliphatic hydroxyl groups is 1. The van der Waals surface area contributed by atoms with Crippen LogP contribution in [-0.4, -0.2) is 14.7 Å². The molecule has 0 radical (unpaired) electrons. The Hall–Kier alpha value is -0.480. The minimum Gasteiger partial charge on any atom is -0.387 e. The van der Waals surface area contributed by atoms with Crippen LogP contribution in [0.15, 0.2) is 0 Å². The zero-order valence-corrected chi connectivity index (χ0v) is 12.3. The van der Waals surface area contributed by atoms with Crippen LogP contribution in [0.25, 0.3) is 0 Å². The molecule has 0 fully saturated rings. The maximum absolute atomic E-state index is 10.3. The monoisotopic (exact) mass is 256 g/mol. The first-order valence-corrected chi connectivity index (χ1v) is 7.18. The first kappa shape index (κ1) is 14.6. The van der Waals surface area contributed by atoms with Crippen LogP contribution in [0.1, 0.15) is 70.6 Å². The third-order valence-electron chi connectivity index (χ3n) is 3.24. The summed E-state index contributed by atoms with van der Waals surface area (Å²) in [5.74, 6) is 0.583. The van der Waals surface area contributed by atoms with Gasteiger partial charge in [-0.05, 0) is 23.9 Å². The number of rotatable bonds is 5. The number of hydrogen-bond donors (Lipinski definition) is 1. The average Bonchev–Trinajstić information content (AvgIpc) is 2.73. The van der Waals surface area contributed by atoms with E-state index in [-0.39, 0.29) is 5.41 Å². The summed E-state index contributed by atoms with van der Waals surface area (Å²) in [5, 5.41) is 14.5. The molecule has 0 saturated heterocycles. The third-order valence-corrected chi connectivity index (χ3v) is 4.06. The predicted octanol–water partition coefficient (Wildman–Crippen LogP) is 3.70. The molecule has 0 aliphatic heterocycles. The van der Waals surface area contributed by atoms with E-state index >= 15 is 0 Å². The van der Waals surface area contributed by atoms with Gasteiger partial charge in [-0.15, -0.1) is 5.10 Å². The molecule has 4 heteroatoms. The van der Waals surface area contributed by atoms with Crippen molar-refractivity contribution in [3.05, 3.63) is 10.6 Å². The Kier molecular flexibility index (Phi) is 5.07. The summed E-state index contributed by atoms with van der Waals surface area (Å²) in [4.78, 5) is 0.949. The van der Waals surface area contributed by atoms with Gasteiger partial charge in [0.1, 0.15) is 0 Å². The van der Waals surface area contributed by atoms with E-state index in [1.807, 2.05) is 0 Å². The summed E-state index contributed by atoms with van der Waals surface area (Å²) in [5.41, 5.74) is 0.901. The van der Waals surface area contributed by atoms with Gasteiger partial charge in [-0.25, -0.2) is 0 Å². The van der Waals surface area contributed by atoms with E-state index in [0.717, 1.165) is 29.8 Å². The van der Waals surface area contributed by atoms with E-state index in [4.69, 9.17) is 0 Å². The molecular formula is C13H24N2OS.